The van der Waals surface area contributed by atoms with Crippen molar-refractivity contribution in [3.63, 3.8) is 0 Å². The smallest absolute Gasteiger partial charge is 0.413 e. The molecule has 1 fully saturated rings. The van der Waals surface area contributed by atoms with Crippen molar-refractivity contribution in [3.05, 3.63) is 59.5 Å². The maximum absolute atomic E-state index is 13.2. The number of nitrogens with one attached hydrogen (secondary N) is 1. The fraction of sp³-hybridized carbons (Fsp3) is 0.296. The molecule has 0 saturated carbocycles. The largest absolute Gasteiger partial charge is 0.453 e. The molecule has 0 bridgehead atoms. The SMILES string of the molecule is [B]c1cc(C(=O)N(C)C2CCOC2)ccc1-n1nc(-c2cccnc2)c2c1-c1sc(NC(=O)OC)nc1CC2. The minimum Gasteiger partial charge on any atom is -0.453 e. The van der Waals surface area contributed by atoms with Gasteiger partial charge in [0.05, 0.1) is 47.4 Å². The maximum Gasteiger partial charge on any atom is 0.413 e. The maximum atomic E-state index is 13.2. The highest BCUT2D eigenvalue weighted by Crippen LogP contribution is 2.44. The second kappa shape index (κ2) is 10.3. The number of carbonyl (C=O) groups excluding carboxylic acids is 2. The predicted molar refractivity (Wildman–Crippen MR) is 148 cm³/mol. The van der Waals surface area contributed by atoms with Gasteiger partial charge in [-0.15, -0.1) is 0 Å². The number of benzene rings is 1. The highest BCUT2D eigenvalue weighted by Gasteiger charge is 2.31. The molecule has 196 valence electrons. The third-order valence-electron chi connectivity index (χ3n) is 7.11. The predicted octanol–water partition coefficient (Wildman–Crippen LogP) is 2.99. The molecule has 1 atom stereocenters. The fourth-order valence-corrected chi connectivity index (χ4v) is 6.10. The number of pyridine rings is 1. The van der Waals surface area contributed by atoms with E-state index in [0.717, 1.165) is 39.5 Å². The molecule has 12 heteroatoms. The van der Waals surface area contributed by atoms with E-state index >= 15 is 0 Å². The summed E-state index contributed by atoms with van der Waals surface area (Å²) in [4.78, 5) is 36.5. The van der Waals surface area contributed by atoms with Gasteiger partial charge in [-0.2, -0.15) is 5.10 Å². The van der Waals surface area contributed by atoms with Crippen molar-refractivity contribution < 1.29 is 19.1 Å². The van der Waals surface area contributed by atoms with E-state index in [9.17, 15) is 9.59 Å². The molecule has 0 spiro atoms. The number of nitrogens with zero attached hydrogens (tertiary/aromatic N) is 5. The first-order valence-electron chi connectivity index (χ1n) is 12.6. The first kappa shape index (κ1) is 25.3. The number of rotatable bonds is 5. The number of ether oxygens (including phenoxy) is 2. The molecule has 10 nitrogen and oxygen atoms in total. The molecule has 1 N–H and O–H groups in total. The van der Waals surface area contributed by atoms with Crippen molar-refractivity contribution in [3.8, 4) is 27.5 Å². The Bertz CT molecular complexity index is 1560. The number of aromatic nitrogens is 4. The molecule has 1 unspecified atom stereocenters. The molecule has 1 aromatic carbocycles. The van der Waals surface area contributed by atoms with E-state index in [2.05, 4.69) is 15.3 Å². The summed E-state index contributed by atoms with van der Waals surface area (Å²) in [6.45, 7) is 1.19. The number of hydrogen-bond acceptors (Lipinski definition) is 8. The summed E-state index contributed by atoms with van der Waals surface area (Å²) in [5.41, 5.74) is 6.03. The van der Waals surface area contributed by atoms with E-state index in [1.807, 2.05) is 22.9 Å². The van der Waals surface area contributed by atoms with Crippen molar-refractivity contribution in [2.75, 3.05) is 32.7 Å². The quantitative estimate of drug-likeness (QED) is 0.388. The number of aryl methyl sites for hydroxylation is 1. The summed E-state index contributed by atoms with van der Waals surface area (Å²) < 4.78 is 12.0. The van der Waals surface area contributed by atoms with E-state index in [1.165, 1.54) is 18.4 Å². The van der Waals surface area contributed by atoms with Crippen molar-refractivity contribution in [1.29, 1.82) is 0 Å². The van der Waals surface area contributed by atoms with Gasteiger partial charge in [0.1, 0.15) is 7.85 Å². The Morgan fingerprint density at radius 2 is 2.15 bits per heavy atom. The molecule has 1 aliphatic heterocycles. The lowest BCUT2D eigenvalue weighted by molar-refractivity contribution is 0.0711. The van der Waals surface area contributed by atoms with Gasteiger partial charge >= 0.3 is 6.09 Å². The van der Waals surface area contributed by atoms with Gasteiger partial charge in [0.15, 0.2) is 5.13 Å². The van der Waals surface area contributed by atoms with E-state index in [4.69, 9.17) is 22.4 Å². The van der Waals surface area contributed by atoms with E-state index in [0.29, 0.717) is 47.9 Å². The second-order valence-corrected chi connectivity index (χ2v) is 10.4. The van der Waals surface area contributed by atoms with Crippen LogP contribution in [0.15, 0.2) is 42.7 Å². The molecule has 2 radical (unpaired) electrons. The summed E-state index contributed by atoms with van der Waals surface area (Å²) in [7, 11) is 9.69. The second-order valence-electron chi connectivity index (χ2n) is 9.45. The molecule has 6 rings (SSSR count). The number of likely N-dealkylation sites (N-methyl/N-ethyl adjacent to an activating group) is 1. The van der Waals surface area contributed by atoms with Crippen LogP contribution in [0, 0.1) is 0 Å². The van der Waals surface area contributed by atoms with Crippen LogP contribution in [0.1, 0.15) is 28.0 Å². The zero-order valence-electron chi connectivity index (χ0n) is 21.5. The third-order valence-corrected chi connectivity index (χ3v) is 8.13. The first-order valence-corrected chi connectivity index (χ1v) is 13.4. The van der Waals surface area contributed by atoms with Gasteiger partial charge in [-0.1, -0.05) is 22.9 Å². The number of fused-ring (bicyclic) bond motifs is 3. The van der Waals surface area contributed by atoms with Gasteiger partial charge in [-0.3, -0.25) is 15.1 Å². The number of carbonyl (C=O) groups is 2. The molecule has 39 heavy (non-hydrogen) atoms. The number of thiazole rings is 1. The van der Waals surface area contributed by atoms with Crippen molar-refractivity contribution in [1.82, 2.24) is 24.6 Å². The van der Waals surface area contributed by atoms with Gasteiger partial charge in [0.25, 0.3) is 5.91 Å². The molecule has 1 saturated heterocycles. The average molecular weight is 540 g/mol. The number of methoxy groups -OCH3 is 1. The summed E-state index contributed by atoms with van der Waals surface area (Å²) in [6.07, 6.45) is 5.15. The lowest BCUT2D eigenvalue weighted by Gasteiger charge is -2.23. The van der Waals surface area contributed by atoms with Gasteiger partial charge in [-0.05, 0) is 43.5 Å². The zero-order valence-corrected chi connectivity index (χ0v) is 22.3. The molecule has 3 aromatic heterocycles. The van der Waals surface area contributed by atoms with E-state index in [1.54, 1.807) is 36.5 Å². The van der Waals surface area contributed by atoms with Crippen molar-refractivity contribution in [2.24, 2.45) is 0 Å². The Hall–Kier alpha value is -4.03. The lowest BCUT2D eigenvalue weighted by Crippen LogP contribution is -2.37. The molecule has 4 heterocycles. The van der Waals surface area contributed by atoms with Crippen LogP contribution >= 0.6 is 11.3 Å². The van der Waals surface area contributed by atoms with Crippen LogP contribution < -0.4 is 10.8 Å². The van der Waals surface area contributed by atoms with Crippen molar-refractivity contribution >= 4 is 41.8 Å². The Morgan fingerprint density at radius 3 is 2.87 bits per heavy atom. The standard InChI is InChI=1S/C27H25BN6O4S/c1-33(17-9-11-38-14-17)25(35)15-5-8-21(19(28)12-15)34-23-18(22(32-34)16-4-3-10-29-13-16)6-7-20-24(23)39-26(30-20)31-27(36)37-2/h3-5,8,10,12-13,17H,6-7,9,11,14H2,1-2H3,(H,30,31,36). The van der Waals surface area contributed by atoms with Gasteiger partial charge in [-0.25, -0.2) is 14.5 Å². The molecule has 1 aliphatic carbocycles. The minimum absolute atomic E-state index is 0.0520. The normalized spacial score (nSPS) is 15.9. The molecule has 2 amide bonds. The van der Waals surface area contributed by atoms with Crippen LogP contribution in [0.5, 0.6) is 0 Å². The van der Waals surface area contributed by atoms with Crippen LogP contribution in [-0.4, -0.2) is 77.9 Å². The molecule has 2 aliphatic rings. The molecular weight excluding hydrogens is 515 g/mol. The van der Waals surface area contributed by atoms with Crippen LogP contribution in [0.4, 0.5) is 9.93 Å². The van der Waals surface area contributed by atoms with E-state index in [-0.39, 0.29) is 11.9 Å². The third kappa shape index (κ3) is 4.59. The summed E-state index contributed by atoms with van der Waals surface area (Å²) in [5, 5.41) is 8.12. The lowest BCUT2D eigenvalue weighted by atomic mass is 9.91. The zero-order chi connectivity index (χ0) is 27.1. The van der Waals surface area contributed by atoms with Crippen LogP contribution in [-0.2, 0) is 22.3 Å². The number of anilines is 1. The highest BCUT2D eigenvalue weighted by molar-refractivity contribution is 7.19. The van der Waals surface area contributed by atoms with Gasteiger partial charge in [0, 0.05) is 42.7 Å². The van der Waals surface area contributed by atoms with Gasteiger partial charge in [0.2, 0.25) is 0 Å². The summed E-state index contributed by atoms with van der Waals surface area (Å²) >= 11 is 1.36. The Balaban J connectivity index is 1.44. The Labute approximate surface area is 230 Å². The monoisotopic (exact) mass is 540 g/mol. The van der Waals surface area contributed by atoms with E-state index < -0.39 is 6.09 Å². The molecule has 4 aromatic rings. The average Bonchev–Trinajstić information content (AvgIpc) is 3.71. The van der Waals surface area contributed by atoms with Crippen LogP contribution in [0.2, 0.25) is 0 Å². The Morgan fingerprint density at radius 1 is 1.28 bits per heavy atom. The highest BCUT2D eigenvalue weighted by atomic mass is 32.1. The fourth-order valence-electron chi connectivity index (χ4n) is 5.05. The topological polar surface area (TPSA) is 111 Å². The van der Waals surface area contributed by atoms with Crippen LogP contribution in [0.3, 0.4) is 0 Å². The van der Waals surface area contributed by atoms with Gasteiger partial charge < -0.3 is 14.4 Å². The number of amides is 2. The molecular formula is C27H25BN6O4S. The Kier molecular flexibility index (Phi) is 6.65. The summed E-state index contributed by atoms with van der Waals surface area (Å²) in [6, 6.07) is 9.20. The minimum atomic E-state index is -0.579. The van der Waals surface area contributed by atoms with Crippen LogP contribution in [0.25, 0.3) is 27.5 Å². The number of hydrogen-bond donors (Lipinski definition) is 1. The first-order chi connectivity index (χ1) is 18.9. The van der Waals surface area contributed by atoms with Crippen molar-refractivity contribution in [2.45, 2.75) is 25.3 Å². The summed E-state index contributed by atoms with van der Waals surface area (Å²) in [5.74, 6) is -0.106.